The highest BCUT2D eigenvalue weighted by Gasteiger charge is 2.27. The summed E-state index contributed by atoms with van der Waals surface area (Å²) in [4.78, 5) is 46.5. The molecule has 0 unspecified atom stereocenters. The Morgan fingerprint density at radius 1 is 1.09 bits per heavy atom. The molecule has 1 aromatic carbocycles. The molecule has 2 atom stereocenters. The molecule has 1 aliphatic carbocycles. The van der Waals surface area contributed by atoms with Gasteiger partial charge >= 0.3 is 0 Å². The van der Waals surface area contributed by atoms with E-state index in [0.29, 0.717) is 43.8 Å². The predicted octanol–water partition coefficient (Wildman–Crippen LogP) is 4.86. The number of thiazole rings is 1. The van der Waals surface area contributed by atoms with E-state index in [1.165, 1.54) is 24.8 Å². The summed E-state index contributed by atoms with van der Waals surface area (Å²) in [5, 5.41) is 10.1. The van der Waals surface area contributed by atoms with Gasteiger partial charge in [-0.05, 0) is 42.9 Å². The van der Waals surface area contributed by atoms with Crippen molar-refractivity contribution in [3.8, 4) is 0 Å². The Kier molecular flexibility index (Phi) is 13.4. The average molecular weight is 628 g/mol. The molecule has 1 aliphatic heterocycles. The molecular formula is C33H49N5O3S2. The summed E-state index contributed by atoms with van der Waals surface area (Å²) >= 11 is 3.52. The number of carbonyl (C=O) groups excluding carboxylic acids is 3. The SMILES string of the molecule is C=C(CN1CCSCC1)C(=O)NC[C@H](CC1CCCCC1)NC(=O)[C@H](Cc1nc2ccc(CC)cc2s1)NC(=O)CCC. The van der Waals surface area contributed by atoms with Crippen molar-refractivity contribution >= 4 is 51.0 Å². The summed E-state index contributed by atoms with van der Waals surface area (Å²) in [6.07, 6.45) is 9.10. The maximum absolute atomic E-state index is 13.8. The van der Waals surface area contributed by atoms with E-state index in [1.54, 1.807) is 11.3 Å². The highest BCUT2D eigenvalue weighted by Crippen LogP contribution is 2.28. The van der Waals surface area contributed by atoms with Crippen molar-refractivity contribution in [1.29, 1.82) is 0 Å². The molecule has 3 N–H and O–H groups in total. The van der Waals surface area contributed by atoms with Gasteiger partial charge in [0.25, 0.3) is 0 Å². The van der Waals surface area contributed by atoms with Crippen LogP contribution in [0.3, 0.4) is 0 Å². The van der Waals surface area contributed by atoms with Crippen LogP contribution < -0.4 is 16.0 Å². The van der Waals surface area contributed by atoms with E-state index in [-0.39, 0.29) is 23.8 Å². The fourth-order valence-corrected chi connectivity index (χ4v) is 8.02. The maximum atomic E-state index is 13.8. The van der Waals surface area contributed by atoms with E-state index in [2.05, 4.69) is 46.5 Å². The van der Waals surface area contributed by atoms with Crippen LogP contribution in [0.2, 0.25) is 0 Å². The van der Waals surface area contributed by atoms with Crippen LogP contribution in [0.1, 0.15) is 75.8 Å². The number of hydrogen-bond acceptors (Lipinski definition) is 7. The quantitative estimate of drug-likeness (QED) is 0.244. The number of rotatable bonds is 15. The van der Waals surface area contributed by atoms with Crippen molar-refractivity contribution in [2.75, 3.05) is 37.7 Å². The fraction of sp³-hybridized carbons (Fsp3) is 0.636. The minimum absolute atomic E-state index is 0.137. The van der Waals surface area contributed by atoms with Crippen LogP contribution in [0, 0.1) is 5.92 Å². The monoisotopic (exact) mass is 627 g/mol. The lowest BCUT2D eigenvalue weighted by molar-refractivity contribution is -0.129. The lowest BCUT2D eigenvalue weighted by Crippen LogP contribution is -2.53. The molecule has 2 fully saturated rings. The van der Waals surface area contributed by atoms with E-state index in [4.69, 9.17) is 4.98 Å². The molecular weight excluding hydrogens is 579 g/mol. The summed E-state index contributed by atoms with van der Waals surface area (Å²) in [6, 6.07) is 5.31. The van der Waals surface area contributed by atoms with E-state index in [9.17, 15) is 14.4 Å². The van der Waals surface area contributed by atoms with Gasteiger partial charge < -0.3 is 16.0 Å². The molecule has 0 spiro atoms. The lowest BCUT2D eigenvalue weighted by Gasteiger charge is -2.29. The van der Waals surface area contributed by atoms with Crippen molar-refractivity contribution < 1.29 is 14.4 Å². The van der Waals surface area contributed by atoms with Gasteiger partial charge in [-0.25, -0.2) is 4.98 Å². The second-order valence-electron chi connectivity index (χ2n) is 12.0. The molecule has 8 nitrogen and oxygen atoms in total. The minimum atomic E-state index is -0.734. The third kappa shape index (κ3) is 10.6. The molecule has 1 saturated heterocycles. The predicted molar refractivity (Wildman–Crippen MR) is 179 cm³/mol. The van der Waals surface area contributed by atoms with Gasteiger partial charge in [-0.15, -0.1) is 11.3 Å². The standard InChI is InChI=1S/C33H49N5O3S2/c1-4-9-30(39)36-28(20-31-37-27-13-12-24(5-2)19-29(27)43-31)33(41)35-26(18-25-10-7-6-8-11-25)21-34-32(40)23(3)22-38-14-16-42-17-15-38/h12-13,19,25-26,28H,3-11,14-18,20-22H2,1-2H3,(H,34,40)(H,35,41)(H,36,39)/t26-,28-/m0/s1. The number of benzene rings is 1. The highest BCUT2D eigenvalue weighted by atomic mass is 32.2. The molecule has 0 bridgehead atoms. The Balaban J connectivity index is 1.43. The van der Waals surface area contributed by atoms with Crippen molar-refractivity contribution in [2.24, 2.45) is 5.92 Å². The molecule has 4 rings (SSSR count). The number of carbonyl (C=O) groups is 3. The van der Waals surface area contributed by atoms with Gasteiger partial charge in [0.1, 0.15) is 6.04 Å². The molecule has 2 aromatic rings. The number of fused-ring (bicyclic) bond motifs is 1. The summed E-state index contributed by atoms with van der Waals surface area (Å²) in [5.41, 5.74) is 2.72. The molecule has 2 heterocycles. The Bertz CT molecular complexity index is 1240. The van der Waals surface area contributed by atoms with E-state index >= 15 is 0 Å². The smallest absolute Gasteiger partial charge is 0.247 e. The van der Waals surface area contributed by atoms with Crippen LogP contribution in [0.4, 0.5) is 0 Å². The minimum Gasteiger partial charge on any atom is -0.350 e. The van der Waals surface area contributed by atoms with E-state index in [0.717, 1.165) is 65.5 Å². The van der Waals surface area contributed by atoms with Crippen LogP contribution in [0.5, 0.6) is 0 Å². The molecule has 2 aliphatic rings. The van der Waals surface area contributed by atoms with Crippen LogP contribution >= 0.6 is 23.1 Å². The number of nitrogens with zero attached hydrogens (tertiary/aromatic N) is 2. The van der Waals surface area contributed by atoms with Gasteiger partial charge in [-0.2, -0.15) is 11.8 Å². The maximum Gasteiger partial charge on any atom is 0.247 e. The summed E-state index contributed by atoms with van der Waals surface area (Å²) in [6.45, 7) is 11.0. The van der Waals surface area contributed by atoms with Gasteiger partial charge in [-0.3, -0.25) is 19.3 Å². The van der Waals surface area contributed by atoms with Gasteiger partial charge in [0.15, 0.2) is 0 Å². The molecule has 1 aromatic heterocycles. The number of aromatic nitrogens is 1. The number of thioether (sulfide) groups is 1. The van der Waals surface area contributed by atoms with Crippen LogP contribution in [-0.4, -0.2) is 77.4 Å². The topological polar surface area (TPSA) is 103 Å². The van der Waals surface area contributed by atoms with Gasteiger partial charge in [0, 0.05) is 62.1 Å². The second-order valence-corrected chi connectivity index (χ2v) is 14.3. The molecule has 1 saturated carbocycles. The zero-order valence-electron chi connectivity index (χ0n) is 25.9. The zero-order chi connectivity index (χ0) is 30.6. The average Bonchev–Trinajstić information content (AvgIpc) is 3.42. The Morgan fingerprint density at radius 3 is 2.58 bits per heavy atom. The first-order chi connectivity index (χ1) is 20.8. The molecule has 0 radical (unpaired) electrons. The number of nitrogens with one attached hydrogen (secondary N) is 3. The number of hydrogen-bond donors (Lipinski definition) is 3. The van der Waals surface area contributed by atoms with Crippen molar-refractivity contribution in [1.82, 2.24) is 25.8 Å². The summed E-state index contributed by atoms with van der Waals surface area (Å²) in [5.74, 6) is 2.15. The molecule has 236 valence electrons. The lowest BCUT2D eigenvalue weighted by atomic mass is 9.84. The molecule has 3 amide bonds. The van der Waals surface area contributed by atoms with Crippen molar-refractivity contribution in [3.63, 3.8) is 0 Å². The summed E-state index contributed by atoms with van der Waals surface area (Å²) < 4.78 is 1.09. The first-order valence-electron chi connectivity index (χ1n) is 16.1. The van der Waals surface area contributed by atoms with Gasteiger partial charge in [0.2, 0.25) is 17.7 Å². The Morgan fingerprint density at radius 2 is 1.86 bits per heavy atom. The molecule has 10 heteroatoms. The summed E-state index contributed by atoms with van der Waals surface area (Å²) in [7, 11) is 0. The van der Waals surface area contributed by atoms with Crippen LogP contribution in [0.25, 0.3) is 10.2 Å². The van der Waals surface area contributed by atoms with Gasteiger partial charge in [0.05, 0.1) is 15.2 Å². The van der Waals surface area contributed by atoms with Crippen molar-refractivity contribution in [3.05, 3.63) is 40.9 Å². The first kappa shape index (κ1) is 33.5. The van der Waals surface area contributed by atoms with Crippen LogP contribution in [-0.2, 0) is 27.2 Å². The van der Waals surface area contributed by atoms with E-state index < -0.39 is 6.04 Å². The number of amides is 3. The third-order valence-electron chi connectivity index (χ3n) is 8.45. The number of aryl methyl sites for hydroxylation is 1. The Labute approximate surface area is 265 Å². The largest absolute Gasteiger partial charge is 0.350 e. The fourth-order valence-electron chi connectivity index (χ4n) is 5.96. The van der Waals surface area contributed by atoms with E-state index in [1.807, 2.05) is 24.8 Å². The van der Waals surface area contributed by atoms with Gasteiger partial charge in [-0.1, -0.05) is 58.6 Å². The highest BCUT2D eigenvalue weighted by molar-refractivity contribution is 7.99. The first-order valence-corrected chi connectivity index (χ1v) is 18.1. The Hall–Kier alpha value is -2.43. The van der Waals surface area contributed by atoms with Crippen molar-refractivity contribution in [2.45, 2.75) is 90.1 Å². The zero-order valence-corrected chi connectivity index (χ0v) is 27.6. The normalized spacial score (nSPS) is 17.7. The van der Waals surface area contributed by atoms with Crippen LogP contribution in [0.15, 0.2) is 30.4 Å². The third-order valence-corrected chi connectivity index (χ3v) is 10.4. The second kappa shape index (κ2) is 17.2. The molecule has 43 heavy (non-hydrogen) atoms.